The number of carbonyl (C=O) groups excluding carboxylic acids is 1. The molecule has 1 atom stereocenters. The molecule has 0 radical (unpaired) electrons. The van der Waals surface area contributed by atoms with E-state index in [1.54, 1.807) is 7.11 Å². The third-order valence-electron chi connectivity index (χ3n) is 4.71. The minimum absolute atomic E-state index is 0.0916. The quantitative estimate of drug-likeness (QED) is 0.705. The van der Waals surface area contributed by atoms with Crippen molar-refractivity contribution in [3.63, 3.8) is 0 Å². The second kappa shape index (κ2) is 10.6. The Labute approximate surface area is 157 Å². The number of carbonyl (C=O) groups is 1. The third-order valence-corrected chi connectivity index (χ3v) is 4.71. The number of hydrogen-bond donors (Lipinski definition) is 1. The van der Waals surface area contributed by atoms with Crippen molar-refractivity contribution >= 4 is 5.91 Å². The number of rotatable bonds is 10. The summed E-state index contributed by atoms with van der Waals surface area (Å²) >= 11 is 0. The van der Waals surface area contributed by atoms with Gasteiger partial charge in [0.05, 0.1) is 13.2 Å². The molecule has 140 valence electrons. The molecule has 0 saturated heterocycles. The Morgan fingerprint density at radius 1 is 1.08 bits per heavy atom. The van der Waals surface area contributed by atoms with Crippen molar-refractivity contribution in [3.8, 4) is 5.75 Å². The van der Waals surface area contributed by atoms with Crippen molar-refractivity contribution in [3.05, 3.63) is 65.7 Å². The van der Waals surface area contributed by atoms with Gasteiger partial charge >= 0.3 is 0 Å². The summed E-state index contributed by atoms with van der Waals surface area (Å²) in [6.45, 7) is 6.75. The van der Waals surface area contributed by atoms with E-state index in [0.29, 0.717) is 13.0 Å². The third kappa shape index (κ3) is 5.88. The summed E-state index contributed by atoms with van der Waals surface area (Å²) < 4.78 is 5.36. The van der Waals surface area contributed by atoms with Crippen LogP contribution in [-0.4, -0.2) is 37.6 Å². The van der Waals surface area contributed by atoms with Crippen molar-refractivity contribution in [2.24, 2.45) is 0 Å². The van der Waals surface area contributed by atoms with E-state index in [9.17, 15) is 4.79 Å². The Hall–Kier alpha value is -2.33. The fourth-order valence-electron chi connectivity index (χ4n) is 3.17. The molecule has 0 heterocycles. The van der Waals surface area contributed by atoms with Crippen molar-refractivity contribution in [2.45, 2.75) is 32.7 Å². The molecule has 4 heteroatoms. The number of methoxy groups -OCH3 is 1. The molecule has 2 aromatic carbocycles. The number of nitrogens with zero attached hydrogens (tertiary/aromatic N) is 1. The average Bonchev–Trinajstić information content (AvgIpc) is 2.70. The molecule has 0 spiro atoms. The van der Waals surface area contributed by atoms with Crippen LogP contribution in [0, 0.1) is 0 Å². The molecule has 0 aromatic heterocycles. The first kappa shape index (κ1) is 20.0. The Morgan fingerprint density at radius 2 is 1.81 bits per heavy atom. The van der Waals surface area contributed by atoms with Gasteiger partial charge in [-0.25, -0.2) is 0 Å². The normalized spacial score (nSPS) is 12.0. The maximum absolute atomic E-state index is 12.3. The Bertz CT molecular complexity index is 669. The zero-order valence-corrected chi connectivity index (χ0v) is 16.1. The van der Waals surface area contributed by atoms with Gasteiger partial charge in [-0.15, -0.1) is 0 Å². The number of hydrogen-bond acceptors (Lipinski definition) is 3. The highest BCUT2D eigenvalue weighted by Crippen LogP contribution is 2.23. The van der Waals surface area contributed by atoms with Gasteiger partial charge in [-0.3, -0.25) is 9.69 Å². The summed E-state index contributed by atoms with van der Waals surface area (Å²) in [4.78, 5) is 14.7. The first-order chi connectivity index (χ1) is 12.7. The highest BCUT2D eigenvalue weighted by Gasteiger charge is 2.19. The van der Waals surface area contributed by atoms with E-state index in [0.717, 1.165) is 30.8 Å². The van der Waals surface area contributed by atoms with Crippen molar-refractivity contribution in [1.82, 2.24) is 10.2 Å². The highest BCUT2D eigenvalue weighted by atomic mass is 16.5. The van der Waals surface area contributed by atoms with Gasteiger partial charge in [-0.05, 0) is 42.8 Å². The van der Waals surface area contributed by atoms with Crippen LogP contribution >= 0.6 is 0 Å². The van der Waals surface area contributed by atoms with Crippen LogP contribution in [0.5, 0.6) is 5.75 Å². The maximum Gasteiger partial charge on any atom is 0.220 e. The van der Waals surface area contributed by atoms with E-state index in [-0.39, 0.29) is 11.9 Å². The van der Waals surface area contributed by atoms with Crippen LogP contribution in [0.3, 0.4) is 0 Å². The van der Waals surface area contributed by atoms with Crippen LogP contribution in [0.15, 0.2) is 54.6 Å². The van der Waals surface area contributed by atoms with Crippen LogP contribution in [0.4, 0.5) is 0 Å². The van der Waals surface area contributed by atoms with E-state index in [4.69, 9.17) is 4.74 Å². The van der Waals surface area contributed by atoms with Crippen LogP contribution in [0.1, 0.15) is 37.4 Å². The van der Waals surface area contributed by atoms with E-state index in [1.807, 2.05) is 30.3 Å². The largest absolute Gasteiger partial charge is 0.497 e. The Morgan fingerprint density at radius 3 is 2.46 bits per heavy atom. The van der Waals surface area contributed by atoms with E-state index >= 15 is 0 Å². The van der Waals surface area contributed by atoms with Crippen molar-refractivity contribution in [1.29, 1.82) is 0 Å². The van der Waals surface area contributed by atoms with Gasteiger partial charge in [0.15, 0.2) is 0 Å². The molecule has 1 unspecified atom stereocenters. The van der Waals surface area contributed by atoms with Gasteiger partial charge in [-0.1, -0.05) is 56.3 Å². The average molecular weight is 354 g/mol. The van der Waals surface area contributed by atoms with Gasteiger partial charge in [0.25, 0.3) is 0 Å². The number of benzene rings is 2. The number of ether oxygens (including phenoxy) is 1. The van der Waals surface area contributed by atoms with Crippen LogP contribution in [0.2, 0.25) is 0 Å². The predicted molar refractivity (Wildman–Crippen MR) is 106 cm³/mol. The first-order valence-electron chi connectivity index (χ1n) is 9.36. The molecule has 0 saturated carbocycles. The summed E-state index contributed by atoms with van der Waals surface area (Å²) in [5.74, 6) is 0.934. The molecule has 4 nitrogen and oxygen atoms in total. The topological polar surface area (TPSA) is 41.6 Å². The molecular formula is C22H30N2O2. The van der Waals surface area contributed by atoms with Crippen molar-refractivity contribution < 1.29 is 9.53 Å². The monoisotopic (exact) mass is 354 g/mol. The standard InChI is InChI=1S/C22H30N2O2/c1-4-24(5-2)21(19-12-9-13-20(16-19)26-3)17-23-22(25)15-14-18-10-7-6-8-11-18/h6-13,16,21H,4-5,14-15,17H2,1-3H3,(H,23,25). The molecular weight excluding hydrogens is 324 g/mol. The smallest absolute Gasteiger partial charge is 0.220 e. The molecule has 0 aliphatic carbocycles. The molecule has 1 amide bonds. The summed E-state index contributed by atoms with van der Waals surface area (Å²) in [5, 5.41) is 3.12. The highest BCUT2D eigenvalue weighted by molar-refractivity contribution is 5.76. The second-order valence-corrected chi connectivity index (χ2v) is 6.30. The molecule has 0 bridgehead atoms. The molecule has 2 aromatic rings. The predicted octanol–water partition coefficient (Wildman–Crippen LogP) is 3.83. The molecule has 0 aliphatic heterocycles. The Balaban J connectivity index is 1.98. The van der Waals surface area contributed by atoms with Crippen LogP contribution in [0.25, 0.3) is 0 Å². The summed E-state index contributed by atoms with van der Waals surface area (Å²) in [5.41, 5.74) is 2.35. The number of amides is 1. The van der Waals surface area contributed by atoms with E-state index in [1.165, 1.54) is 5.56 Å². The summed E-state index contributed by atoms with van der Waals surface area (Å²) in [6, 6.07) is 18.4. The zero-order chi connectivity index (χ0) is 18.8. The molecule has 2 rings (SSSR count). The van der Waals surface area contributed by atoms with E-state index in [2.05, 4.69) is 48.3 Å². The lowest BCUT2D eigenvalue weighted by Crippen LogP contribution is -2.38. The first-order valence-corrected chi connectivity index (χ1v) is 9.36. The zero-order valence-electron chi connectivity index (χ0n) is 16.1. The van der Waals surface area contributed by atoms with Gasteiger partial charge in [-0.2, -0.15) is 0 Å². The fourth-order valence-corrected chi connectivity index (χ4v) is 3.17. The second-order valence-electron chi connectivity index (χ2n) is 6.30. The fraction of sp³-hybridized carbons (Fsp3) is 0.409. The van der Waals surface area contributed by atoms with Gasteiger partial charge in [0, 0.05) is 13.0 Å². The molecule has 1 N–H and O–H groups in total. The lowest BCUT2D eigenvalue weighted by atomic mass is 10.0. The summed E-state index contributed by atoms with van der Waals surface area (Å²) in [6.07, 6.45) is 1.27. The molecule has 0 aliphatic rings. The maximum atomic E-state index is 12.3. The van der Waals surface area contributed by atoms with Gasteiger partial charge in [0.2, 0.25) is 5.91 Å². The van der Waals surface area contributed by atoms with Crippen LogP contribution < -0.4 is 10.1 Å². The van der Waals surface area contributed by atoms with Gasteiger partial charge < -0.3 is 10.1 Å². The SMILES string of the molecule is CCN(CC)C(CNC(=O)CCc1ccccc1)c1cccc(OC)c1. The number of aryl methyl sites for hydroxylation is 1. The lowest BCUT2D eigenvalue weighted by molar-refractivity contribution is -0.121. The van der Waals surface area contributed by atoms with Gasteiger partial charge in [0.1, 0.15) is 5.75 Å². The molecule has 26 heavy (non-hydrogen) atoms. The van der Waals surface area contributed by atoms with E-state index < -0.39 is 0 Å². The number of likely N-dealkylation sites (N-methyl/N-ethyl adjacent to an activating group) is 1. The number of nitrogens with one attached hydrogen (secondary N) is 1. The Kier molecular flexibility index (Phi) is 8.16. The van der Waals surface area contributed by atoms with Crippen LogP contribution in [-0.2, 0) is 11.2 Å². The minimum Gasteiger partial charge on any atom is -0.497 e. The summed E-state index contributed by atoms with van der Waals surface area (Å²) in [7, 11) is 1.68. The van der Waals surface area contributed by atoms with Crippen molar-refractivity contribution in [2.75, 3.05) is 26.7 Å². The lowest BCUT2D eigenvalue weighted by Gasteiger charge is -2.30. The minimum atomic E-state index is 0.0916. The molecule has 0 fully saturated rings.